The van der Waals surface area contributed by atoms with Gasteiger partial charge < -0.3 is 10.5 Å². The SMILES string of the molecule is C=C1C[C@@H]1C[C@H](N)C(=O)OC. The quantitative estimate of drug-likeness (QED) is 0.475. The average Bonchev–Trinajstić information content (AvgIpc) is 2.65. The molecule has 3 heteroatoms. The Balaban J connectivity index is 2.26. The summed E-state index contributed by atoms with van der Waals surface area (Å²) in [5.74, 6) is 0.133. The summed E-state index contributed by atoms with van der Waals surface area (Å²) < 4.78 is 4.48. The van der Waals surface area contributed by atoms with Gasteiger partial charge in [0.05, 0.1) is 7.11 Å². The normalized spacial score (nSPS) is 24.5. The van der Waals surface area contributed by atoms with E-state index in [2.05, 4.69) is 11.3 Å². The predicted octanol–water partition coefficient (Wildman–Crippen LogP) is 0.453. The molecule has 1 rings (SSSR count). The summed E-state index contributed by atoms with van der Waals surface area (Å²) in [4.78, 5) is 10.8. The van der Waals surface area contributed by atoms with Crippen molar-refractivity contribution in [2.45, 2.75) is 18.9 Å². The summed E-state index contributed by atoms with van der Waals surface area (Å²) in [7, 11) is 1.35. The number of carbonyl (C=O) groups excluding carboxylic acids is 1. The molecule has 0 aromatic rings. The highest BCUT2D eigenvalue weighted by Crippen LogP contribution is 2.39. The maximum Gasteiger partial charge on any atom is 0.322 e. The van der Waals surface area contributed by atoms with Crippen LogP contribution in [0.15, 0.2) is 12.2 Å². The summed E-state index contributed by atoms with van der Waals surface area (Å²) in [6.45, 7) is 3.78. The van der Waals surface area contributed by atoms with Gasteiger partial charge in [0.25, 0.3) is 0 Å². The lowest BCUT2D eigenvalue weighted by Crippen LogP contribution is -2.31. The van der Waals surface area contributed by atoms with Crippen LogP contribution in [0.2, 0.25) is 0 Å². The number of esters is 1. The maximum absolute atomic E-state index is 10.8. The lowest BCUT2D eigenvalue weighted by Gasteiger charge is -2.06. The average molecular weight is 155 g/mol. The number of allylic oxidation sites excluding steroid dienone is 1. The van der Waals surface area contributed by atoms with Gasteiger partial charge in [0.2, 0.25) is 0 Å². The predicted molar refractivity (Wildman–Crippen MR) is 41.9 cm³/mol. The van der Waals surface area contributed by atoms with Crippen molar-refractivity contribution >= 4 is 5.97 Å². The standard InChI is InChI=1S/C8H13NO2/c1-5-3-6(5)4-7(9)8(10)11-2/h6-7H,1,3-4,9H2,2H3/t6-,7+/m1/s1. The first-order valence-corrected chi connectivity index (χ1v) is 3.66. The van der Waals surface area contributed by atoms with E-state index in [-0.39, 0.29) is 5.97 Å². The van der Waals surface area contributed by atoms with Gasteiger partial charge in [0.15, 0.2) is 0 Å². The van der Waals surface area contributed by atoms with Crippen LogP contribution in [-0.4, -0.2) is 19.1 Å². The Bertz CT molecular complexity index is 189. The van der Waals surface area contributed by atoms with Crippen LogP contribution in [0, 0.1) is 5.92 Å². The number of hydrogen-bond donors (Lipinski definition) is 1. The number of carbonyl (C=O) groups is 1. The second-order valence-electron chi connectivity index (χ2n) is 2.92. The van der Waals surface area contributed by atoms with Crippen molar-refractivity contribution in [1.29, 1.82) is 0 Å². The van der Waals surface area contributed by atoms with Crippen LogP contribution in [0.25, 0.3) is 0 Å². The minimum absolute atomic E-state index is 0.329. The van der Waals surface area contributed by atoms with Gasteiger partial charge in [-0.3, -0.25) is 4.79 Å². The van der Waals surface area contributed by atoms with Crippen LogP contribution in [0.3, 0.4) is 0 Å². The van der Waals surface area contributed by atoms with Gasteiger partial charge in [0.1, 0.15) is 6.04 Å². The van der Waals surface area contributed by atoms with E-state index in [1.807, 2.05) is 0 Å². The van der Waals surface area contributed by atoms with Crippen molar-refractivity contribution in [1.82, 2.24) is 0 Å². The van der Waals surface area contributed by atoms with Gasteiger partial charge in [-0.15, -0.1) is 0 Å². The fourth-order valence-corrected chi connectivity index (χ4v) is 1.06. The first-order chi connectivity index (χ1) is 5.15. The third kappa shape index (κ3) is 2.05. The molecule has 0 amide bonds. The fraction of sp³-hybridized carbons (Fsp3) is 0.625. The van der Waals surface area contributed by atoms with E-state index >= 15 is 0 Å². The molecule has 0 aromatic carbocycles. The van der Waals surface area contributed by atoms with Gasteiger partial charge >= 0.3 is 5.97 Å². The van der Waals surface area contributed by atoms with E-state index in [4.69, 9.17) is 5.73 Å². The van der Waals surface area contributed by atoms with Gasteiger partial charge in [-0.05, 0) is 18.8 Å². The molecule has 2 atom stereocenters. The van der Waals surface area contributed by atoms with Crippen LogP contribution < -0.4 is 5.73 Å². The van der Waals surface area contributed by atoms with Crippen molar-refractivity contribution in [3.8, 4) is 0 Å². The topological polar surface area (TPSA) is 52.3 Å². The second-order valence-corrected chi connectivity index (χ2v) is 2.92. The molecule has 0 spiro atoms. The van der Waals surface area contributed by atoms with Crippen molar-refractivity contribution < 1.29 is 9.53 Å². The molecule has 3 nitrogen and oxygen atoms in total. The number of methoxy groups -OCH3 is 1. The van der Waals surface area contributed by atoms with Crippen molar-refractivity contribution in [3.63, 3.8) is 0 Å². The Kier molecular flexibility index (Phi) is 2.29. The van der Waals surface area contributed by atoms with E-state index in [1.54, 1.807) is 0 Å². The van der Waals surface area contributed by atoms with E-state index in [9.17, 15) is 4.79 Å². The van der Waals surface area contributed by atoms with E-state index in [0.717, 1.165) is 6.42 Å². The van der Waals surface area contributed by atoms with Crippen LogP contribution in [-0.2, 0) is 9.53 Å². The van der Waals surface area contributed by atoms with Crippen LogP contribution in [0.1, 0.15) is 12.8 Å². The largest absolute Gasteiger partial charge is 0.468 e. The van der Waals surface area contributed by atoms with Crippen molar-refractivity contribution in [2.24, 2.45) is 11.7 Å². The lowest BCUT2D eigenvalue weighted by atomic mass is 10.1. The maximum atomic E-state index is 10.8. The lowest BCUT2D eigenvalue weighted by molar-refractivity contribution is -0.142. The summed E-state index contributed by atoms with van der Waals surface area (Å²) in [5, 5.41) is 0. The molecule has 0 radical (unpaired) electrons. The Labute approximate surface area is 66.2 Å². The van der Waals surface area contributed by atoms with Gasteiger partial charge in [-0.1, -0.05) is 12.2 Å². The van der Waals surface area contributed by atoms with E-state index in [0.29, 0.717) is 12.3 Å². The number of nitrogens with two attached hydrogens (primary N) is 1. The molecule has 62 valence electrons. The highest BCUT2D eigenvalue weighted by molar-refractivity contribution is 5.75. The second kappa shape index (κ2) is 3.05. The van der Waals surface area contributed by atoms with Crippen molar-refractivity contribution in [2.75, 3.05) is 7.11 Å². The Morgan fingerprint density at radius 2 is 2.55 bits per heavy atom. The van der Waals surface area contributed by atoms with Crippen LogP contribution in [0.4, 0.5) is 0 Å². The van der Waals surface area contributed by atoms with Gasteiger partial charge in [-0.25, -0.2) is 0 Å². The molecule has 1 fully saturated rings. The molecule has 0 heterocycles. The molecule has 11 heavy (non-hydrogen) atoms. The first-order valence-electron chi connectivity index (χ1n) is 3.66. The zero-order valence-corrected chi connectivity index (χ0v) is 6.67. The van der Waals surface area contributed by atoms with Gasteiger partial charge in [-0.2, -0.15) is 0 Å². The highest BCUT2D eigenvalue weighted by Gasteiger charge is 2.31. The molecule has 0 saturated heterocycles. The molecule has 0 aromatic heterocycles. The van der Waals surface area contributed by atoms with E-state index < -0.39 is 6.04 Å². The molecule has 1 saturated carbocycles. The zero-order chi connectivity index (χ0) is 8.43. The van der Waals surface area contributed by atoms with Crippen molar-refractivity contribution in [3.05, 3.63) is 12.2 Å². The zero-order valence-electron chi connectivity index (χ0n) is 6.67. The first kappa shape index (κ1) is 8.27. The molecular weight excluding hydrogens is 142 g/mol. The van der Waals surface area contributed by atoms with E-state index in [1.165, 1.54) is 12.7 Å². The molecule has 1 aliphatic carbocycles. The molecule has 2 N–H and O–H groups in total. The van der Waals surface area contributed by atoms with Gasteiger partial charge in [0, 0.05) is 0 Å². The summed E-state index contributed by atoms with van der Waals surface area (Å²) in [6, 6.07) is -0.468. The third-order valence-corrected chi connectivity index (χ3v) is 1.97. The molecule has 1 aliphatic rings. The Morgan fingerprint density at radius 3 is 2.91 bits per heavy atom. The molecular formula is C8H13NO2. The minimum atomic E-state index is -0.468. The van der Waals surface area contributed by atoms with Crippen LogP contribution >= 0.6 is 0 Å². The summed E-state index contributed by atoms with van der Waals surface area (Å²) >= 11 is 0. The molecule has 0 aliphatic heterocycles. The molecule has 0 bridgehead atoms. The Hall–Kier alpha value is -0.830. The number of hydrogen-bond acceptors (Lipinski definition) is 3. The highest BCUT2D eigenvalue weighted by atomic mass is 16.5. The fourth-order valence-electron chi connectivity index (χ4n) is 1.06. The number of rotatable bonds is 3. The number of ether oxygens (including phenoxy) is 1. The summed E-state index contributed by atoms with van der Waals surface area (Å²) in [6.07, 6.45) is 1.70. The monoisotopic (exact) mass is 155 g/mol. The minimum Gasteiger partial charge on any atom is -0.468 e. The summed E-state index contributed by atoms with van der Waals surface area (Å²) in [5.41, 5.74) is 6.71. The smallest absolute Gasteiger partial charge is 0.322 e. The van der Waals surface area contributed by atoms with Crippen LogP contribution in [0.5, 0.6) is 0 Å². The third-order valence-electron chi connectivity index (χ3n) is 1.97. The molecule has 0 unspecified atom stereocenters. The Morgan fingerprint density at radius 1 is 2.00 bits per heavy atom.